The van der Waals surface area contributed by atoms with E-state index in [0.717, 1.165) is 30.5 Å². The van der Waals surface area contributed by atoms with Gasteiger partial charge < -0.3 is 4.57 Å². The molecule has 0 bridgehead atoms. The largest absolute Gasteiger partial charge is 0.319 e. The van der Waals surface area contributed by atoms with Gasteiger partial charge in [0.25, 0.3) is 0 Å². The molecule has 0 aliphatic rings. The molecule has 0 spiro atoms. The van der Waals surface area contributed by atoms with Crippen molar-refractivity contribution in [2.75, 3.05) is 12.3 Å². The highest BCUT2D eigenvalue weighted by atomic mass is 31.2. The predicted octanol–water partition coefficient (Wildman–Crippen LogP) is 7.01. The van der Waals surface area contributed by atoms with Crippen LogP contribution in [0.25, 0.3) is 0 Å². The van der Waals surface area contributed by atoms with E-state index in [2.05, 4.69) is 77.9 Å². The minimum atomic E-state index is -2.51. The van der Waals surface area contributed by atoms with Gasteiger partial charge in [-0.25, -0.2) is 0 Å². The highest BCUT2D eigenvalue weighted by molar-refractivity contribution is 7.71. The van der Waals surface area contributed by atoms with Gasteiger partial charge in [0.1, 0.15) is 7.14 Å². The zero-order chi connectivity index (χ0) is 21.9. The lowest BCUT2D eigenvalue weighted by Crippen LogP contribution is -2.15. The zero-order valence-electron chi connectivity index (χ0n) is 19.4. The molecule has 0 heterocycles. The van der Waals surface area contributed by atoms with Crippen molar-refractivity contribution in [1.29, 1.82) is 0 Å². The minimum Gasteiger partial charge on any atom is -0.319 e. The van der Waals surface area contributed by atoms with Gasteiger partial charge in [-0.05, 0) is 87.8 Å². The smallest absolute Gasteiger partial charge is 0.116 e. The van der Waals surface area contributed by atoms with Gasteiger partial charge in [-0.3, -0.25) is 0 Å². The summed E-state index contributed by atoms with van der Waals surface area (Å²) in [6, 6.07) is 19.2. The summed E-state index contributed by atoms with van der Waals surface area (Å²) in [5.41, 5.74) is 10.6. The molecule has 30 heavy (non-hydrogen) atoms. The molecule has 0 saturated heterocycles. The summed E-state index contributed by atoms with van der Waals surface area (Å²) < 4.78 is 14.3. The SMILES string of the molecule is Cc1cc(C)c(CCP(=O)(CCc2c(C)cc(C)cc2C)c2ccccc2)c(C)c1. The molecule has 0 aliphatic carbocycles. The van der Waals surface area contributed by atoms with E-state index in [0.29, 0.717) is 0 Å². The fourth-order valence-corrected chi connectivity index (χ4v) is 7.49. The van der Waals surface area contributed by atoms with E-state index < -0.39 is 7.14 Å². The van der Waals surface area contributed by atoms with Crippen LogP contribution in [0, 0.1) is 41.5 Å². The Morgan fingerprint density at radius 2 is 0.967 bits per heavy atom. The molecule has 0 aliphatic heterocycles. The molecule has 0 amide bonds. The van der Waals surface area contributed by atoms with Crippen molar-refractivity contribution in [3.8, 4) is 0 Å². The van der Waals surface area contributed by atoms with Gasteiger partial charge in [0, 0.05) is 17.6 Å². The van der Waals surface area contributed by atoms with Gasteiger partial charge in [-0.15, -0.1) is 0 Å². The second-order valence-corrected chi connectivity index (χ2v) is 12.1. The number of hydrogen-bond donors (Lipinski definition) is 0. The molecule has 3 aromatic carbocycles. The first kappa shape index (κ1) is 22.6. The predicted molar refractivity (Wildman–Crippen MR) is 132 cm³/mol. The average Bonchev–Trinajstić information content (AvgIpc) is 2.67. The Balaban J connectivity index is 1.89. The van der Waals surface area contributed by atoms with E-state index >= 15 is 0 Å². The lowest BCUT2D eigenvalue weighted by atomic mass is 9.98. The first-order valence-electron chi connectivity index (χ1n) is 11.0. The van der Waals surface area contributed by atoms with Crippen LogP contribution in [0.4, 0.5) is 0 Å². The van der Waals surface area contributed by atoms with E-state index in [1.165, 1.54) is 44.5 Å². The van der Waals surface area contributed by atoms with Crippen molar-refractivity contribution in [3.05, 3.63) is 99.1 Å². The standard InChI is InChI=1S/C28H35OP/c1-20-16-22(3)27(23(4)17-20)12-14-30(29,26-10-8-7-9-11-26)15-13-28-24(5)18-21(2)19-25(28)6/h7-11,16-19H,12-15H2,1-6H3. The Morgan fingerprint density at radius 3 is 1.33 bits per heavy atom. The lowest BCUT2D eigenvalue weighted by molar-refractivity contribution is 0.580. The third-order valence-electron chi connectivity index (χ3n) is 6.35. The maximum atomic E-state index is 14.3. The number of hydrogen-bond acceptors (Lipinski definition) is 1. The van der Waals surface area contributed by atoms with Crippen molar-refractivity contribution >= 4 is 12.4 Å². The third kappa shape index (κ3) is 5.13. The van der Waals surface area contributed by atoms with Gasteiger partial charge >= 0.3 is 0 Å². The Labute approximate surface area is 182 Å². The number of benzene rings is 3. The van der Waals surface area contributed by atoms with Crippen LogP contribution >= 0.6 is 7.14 Å². The topological polar surface area (TPSA) is 17.1 Å². The van der Waals surface area contributed by atoms with Gasteiger partial charge in [0.15, 0.2) is 0 Å². The molecule has 1 nitrogen and oxygen atoms in total. The maximum absolute atomic E-state index is 14.3. The summed E-state index contributed by atoms with van der Waals surface area (Å²) in [5, 5.41) is 1.02. The Bertz CT molecular complexity index is 968. The molecule has 3 rings (SSSR count). The van der Waals surface area contributed by atoms with E-state index in [1.807, 2.05) is 18.2 Å². The van der Waals surface area contributed by atoms with Crippen LogP contribution in [0.5, 0.6) is 0 Å². The van der Waals surface area contributed by atoms with Crippen molar-refractivity contribution in [2.24, 2.45) is 0 Å². The Morgan fingerprint density at radius 1 is 0.600 bits per heavy atom. The Hall–Kier alpha value is -2.11. The monoisotopic (exact) mass is 418 g/mol. The first-order chi connectivity index (χ1) is 14.2. The normalized spacial score (nSPS) is 11.7. The molecule has 2 heteroatoms. The first-order valence-corrected chi connectivity index (χ1v) is 13.0. The van der Waals surface area contributed by atoms with Crippen LogP contribution in [0.2, 0.25) is 0 Å². The molecular weight excluding hydrogens is 383 g/mol. The Kier molecular flexibility index (Phi) is 7.04. The lowest BCUT2D eigenvalue weighted by Gasteiger charge is -2.22. The van der Waals surface area contributed by atoms with Crippen LogP contribution in [0.15, 0.2) is 54.6 Å². The third-order valence-corrected chi connectivity index (χ3v) is 9.48. The van der Waals surface area contributed by atoms with Gasteiger partial charge in [0.05, 0.1) is 0 Å². The fourth-order valence-electron chi connectivity index (χ4n) is 4.86. The van der Waals surface area contributed by atoms with Crippen molar-refractivity contribution in [1.82, 2.24) is 0 Å². The van der Waals surface area contributed by atoms with Crippen LogP contribution < -0.4 is 5.30 Å². The minimum absolute atomic E-state index is 0.728. The average molecular weight is 419 g/mol. The van der Waals surface area contributed by atoms with Crippen molar-refractivity contribution in [2.45, 2.75) is 54.4 Å². The van der Waals surface area contributed by atoms with Crippen LogP contribution in [-0.4, -0.2) is 12.3 Å². The van der Waals surface area contributed by atoms with Crippen LogP contribution in [0.3, 0.4) is 0 Å². The molecule has 0 saturated carbocycles. The van der Waals surface area contributed by atoms with E-state index in [-0.39, 0.29) is 0 Å². The molecule has 0 unspecified atom stereocenters. The number of aryl methyl sites for hydroxylation is 6. The van der Waals surface area contributed by atoms with Crippen LogP contribution in [-0.2, 0) is 17.4 Å². The second kappa shape index (κ2) is 9.36. The number of rotatable bonds is 7. The van der Waals surface area contributed by atoms with Gasteiger partial charge in [-0.2, -0.15) is 0 Å². The van der Waals surface area contributed by atoms with Crippen LogP contribution in [0.1, 0.15) is 44.5 Å². The second-order valence-electron chi connectivity index (χ2n) is 8.93. The van der Waals surface area contributed by atoms with Crippen molar-refractivity contribution in [3.63, 3.8) is 0 Å². The molecule has 0 N–H and O–H groups in total. The van der Waals surface area contributed by atoms with Gasteiger partial charge in [0.2, 0.25) is 0 Å². The molecule has 3 aromatic rings. The molecule has 158 valence electrons. The fraction of sp³-hybridized carbons (Fsp3) is 0.357. The maximum Gasteiger partial charge on any atom is 0.116 e. The molecule has 0 radical (unpaired) electrons. The summed E-state index contributed by atoms with van der Waals surface area (Å²) in [6.45, 7) is 13.0. The summed E-state index contributed by atoms with van der Waals surface area (Å²) in [6.07, 6.45) is 3.20. The highest BCUT2D eigenvalue weighted by Crippen LogP contribution is 2.46. The van der Waals surface area contributed by atoms with E-state index in [1.54, 1.807) is 0 Å². The molecule has 0 atom stereocenters. The van der Waals surface area contributed by atoms with Crippen molar-refractivity contribution < 1.29 is 4.57 Å². The van der Waals surface area contributed by atoms with E-state index in [9.17, 15) is 4.57 Å². The summed E-state index contributed by atoms with van der Waals surface area (Å²) in [5.74, 6) is 0. The summed E-state index contributed by atoms with van der Waals surface area (Å²) in [4.78, 5) is 0. The van der Waals surface area contributed by atoms with Gasteiger partial charge in [-0.1, -0.05) is 65.7 Å². The van der Waals surface area contributed by atoms with E-state index in [4.69, 9.17) is 0 Å². The summed E-state index contributed by atoms with van der Waals surface area (Å²) >= 11 is 0. The molecule has 0 fully saturated rings. The zero-order valence-corrected chi connectivity index (χ0v) is 20.3. The molecule has 0 aromatic heterocycles. The highest BCUT2D eigenvalue weighted by Gasteiger charge is 2.25. The molecular formula is C28H35OP. The summed E-state index contributed by atoms with van der Waals surface area (Å²) in [7, 11) is -2.51. The quantitative estimate of drug-likeness (QED) is 0.377.